The van der Waals surface area contributed by atoms with Gasteiger partial charge in [0.2, 0.25) is 0 Å². The molecule has 3 rings (SSSR count). The maximum atomic E-state index is 5.93. The van der Waals surface area contributed by atoms with Crippen molar-refractivity contribution in [1.82, 2.24) is 4.98 Å². The third-order valence-electron chi connectivity index (χ3n) is 3.86. The molecule has 1 heterocycles. The normalized spacial score (nSPS) is 23.7. The zero-order valence-corrected chi connectivity index (χ0v) is 12.5. The molecular formula is C14H19N3S2. The fourth-order valence-corrected chi connectivity index (χ4v) is 3.77. The average Bonchev–Trinajstić information content (AvgIpc) is 2.77. The Hall–Kier alpha value is -0.780. The first-order chi connectivity index (χ1) is 9.20. The van der Waals surface area contributed by atoms with Gasteiger partial charge in [0, 0.05) is 18.3 Å². The van der Waals surface area contributed by atoms with E-state index in [1.807, 2.05) is 0 Å². The number of thiazole rings is 1. The summed E-state index contributed by atoms with van der Waals surface area (Å²) in [5.74, 6) is 0.756. The lowest BCUT2D eigenvalue weighted by Gasteiger charge is -2.26. The molecule has 2 aromatic rings. The summed E-state index contributed by atoms with van der Waals surface area (Å²) in [6.07, 6.45) is 4.82. The fourth-order valence-electron chi connectivity index (χ4n) is 2.68. The Labute approximate surface area is 123 Å². The van der Waals surface area contributed by atoms with Gasteiger partial charge in [0.15, 0.2) is 0 Å². The van der Waals surface area contributed by atoms with Crippen LogP contribution in [0.15, 0.2) is 22.5 Å². The molecule has 0 bridgehead atoms. The molecule has 1 aromatic heterocycles. The van der Waals surface area contributed by atoms with E-state index in [0.717, 1.165) is 28.0 Å². The average molecular weight is 293 g/mol. The molecule has 1 aliphatic rings. The Balaban J connectivity index is 1.61. The minimum Gasteiger partial charge on any atom is -0.385 e. The van der Waals surface area contributed by atoms with Crippen molar-refractivity contribution >= 4 is 39.9 Å². The van der Waals surface area contributed by atoms with Crippen LogP contribution in [-0.4, -0.2) is 17.6 Å². The molecule has 0 amide bonds. The highest BCUT2D eigenvalue weighted by Gasteiger charge is 2.18. The van der Waals surface area contributed by atoms with Crippen molar-refractivity contribution in [3.63, 3.8) is 0 Å². The zero-order valence-electron chi connectivity index (χ0n) is 10.8. The van der Waals surface area contributed by atoms with Gasteiger partial charge in [-0.05, 0) is 49.8 Å². The molecule has 0 atom stereocenters. The molecule has 3 N–H and O–H groups in total. The van der Waals surface area contributed by atoms with Crippen LogP contribution in [0.3, 0.4) is 0 Å². The van der Waals surface area contributed by atoms with E-state index in [4.69, 9.17) is 5.73 Å². The number of nitrogens with zero attached hydrogens (tertiary/aromatic N) is 1. The van der Waals surface area contributed by atoms with Crippen molar-refractivity contribution < 1.29 is 0 Å². The van der Waals surface area contributed by atoms with E-state index in [-0.39, 0.29) is 0 Å². The van der Waals surface area contributed by atoms with Gasteiger partial charge in [0.25, 0.3) is 0 Å². The largest absolute Gasteiger partial charge is 0.385 e. The maximum absolute atomic E-state index is 5.93. The van der Waals surface area contributed by atoms with Crippen molar-refractivity contribution in [1.29, 1.82) is 0 Å². The maximum Gasteiger partial charge on any atom is 0.148 e. The molecule has 3 nitrogen and oxygen atoms in total. The first-order valence-electron chi connectivity index (χ1n) is 6.80. The van der Waals surface area contributed by atoms with Crippen LogP contribution in [0.2, 0.25) is 0 Å². The number of hydrogen-bond donors (Lipinski definition) is 3. The summed E-state index contributed by atoms with van der Waals surface area (Å²) >= 11 is 5.91. The van der Waals surface area contributed by atoms with E-state index in [1.165, 1.54) is 30.4 Å². The predicted octanol–water partition coefficient (Wildman–Crippen LogP) is 3.51. The number of aromatic nitrogens is 1. The number of rotatable bonds is 3. The summed E-state index contributed by atoms with van der Waals surface area (Å²) in [5.41, 5.74) is 8.12. The van der Waals surface area contributed by atoms with Crippen molar-refractivity contribution in [3.8, 4) is 0 Å². The van der Waals surface area contributed by atoms with Gasteiger partial charge in [-0.1, -0.05) is 0 Å². The van der Waals surface area contributed by atoms with E-state index in [2.05, 4.69) is 41.1 Å². The molecule has 1 aliphatic carbocycles. The third-order valence-corrected chi connectivity index (χ3v) is 5.08. The quantitative estimate of drug-likeness (QED) is 0.759. The SMILES string of the molecule is N[C@H]1CC[C@H](CNc2ccc3sc(S)nc3c2)CC1. The summed E-state index contributed by atoms with van der Waals surface area (Å²) in [4.78, 5) is 4.40. The summed E-state index contributed by atoms with van der Waals surface area (Å²) in [7, 11) is 0. The second-order valence-electron chi connectivity index (χ2n) is 5.34. The summed E-state index contributed by atoms with van der Waals surface area (Å²) in [6, 6.07) is 6.78. The van der Waals surface area contributed by atoms with Gasteiger partial charge in [-0.2, -0.15) is 0 Å². The Bertz CT molecular complexity index is 559. The fraction of sp³-hybridized carbons (Fsp3) is 0.500. The van der Waals surface area contributed by atoms with E-state index in [9.17, 15) is 0 Å². The van der Waals surface area contributed by atoms with Crippen molar-refractivity contribution in [2.75, 3.05) is 11.9 Å². The Morgan fingerprint density at radius 1 is 1.32 bits per heavy atom. The van der Waals surface area contributed by atoms with Crippen molar-refractivity contribution in [2.45, 2.75) is 36.1 Å². The summed E-state index contributed by atoms with van der Waals surface area (Å²) in [5, 5.41) is 3.53. The molecule has 1 aromatic carbocycles. The van der Waals surface area contributed by atoms with Gasteiger partial charge in [0.1, 0.15) is 4.34 Å². The van der Waals surface area contributed by atoms with Crippen molar-refractivity contribution in [2.24, 2.45) is 11.7 Å². The number of hydrogen-bond acceptors (Lipinski definition) is 5. The topological polar surface area (TPSA) is 50.9 Å². The second-order valence-corrected chi connectivity index (χ2v) is 7.10. The molecule has 0 saturated heterocycles. The third kappa shape index (κ3) is 3.22. The van der Waals surface area contributed by atoms with Crippen LogP contribution in [0.1, 0.15) is 25.7 Å². The molecule has 0 radical (unpaired) electrons. The molecule has 0 unspecified atom stereocenters. The van der Waals surface area contributed by atoms with Crippen LogP contribution in [0.25, 0.3) is 10.2 Å². The first kappa shape index (κ1) is 13.2. The highest BCUT2D eigenvalue weighted by molar-refractivity contribution is 7.82. The molecule has 0 spiro atoms. The minimum atomic E-state index is 0.427. The van der Waals surface area contributed by atoms with Crippen LogP contribution in [-0.2, 0) is 0 Å². The highest BCUT2D eigenvalue weighted by atomic mass is 32.2. The van der Waals surface area contributed by atoms with Crippen LogP contribution in [0.4, 0.5) is 5.69 Å². The van der Waals surface area contributed by atoms with Gasteiger partial charge < -0.3 is 11.1 Å². The molecule has 102 valence electrons. The highest BCUT2D eigenvalue weighted by Crippen LogP contribution is 2.28. The number of nitrogens with two attached hydrogens (primary N) is 1. The van der Waals surface area contributed by atoms with E-state index in [0.29, 0.717) is 6.04 Å². The smallest absolute Gasteiger partial charge is 0.148 e. The number of thiol groups is 1. The number of nitrogens with one attached hydrogen (secondary N) is 1. The minimum absolute atomic E-state index is 0.427. The summed E-state index contributed by atoms with van der Waals surface area (Å²) in [6.45, 7) is 1.04. The molecule has 19 heavy (non-hydrogen) atoms. The number of benzene rings is 1. The summed E-state index contributed by atoms with van der Waals surface area (Å²) < 4.78 is 2.02. The van der Waals surface area contributed by atoms with Gasteiger partial charge in [-0.15, -0.1) is 24.0 Å². The molecular weight excluding hydrogens is 274 g/mol. The second kappa shape index (κ2) is 5.69. The Morgan fingerprint density at radius 3 is 2.89 bits per heavy atom. The van der Waals surface area contributed by atoms with Gasteiger partial charge in [-0.25, -0.2) is 4.98 Å². The van der Waals surface area contributed by atoms with Crippen LogP contribution in [0, 0.1) is 5.92 Å². The van der Waals surface area contributed by atoms with E-state index in [1.54, 1.807) is 11.3 Å². The predicted molar refractivity (Wildman–Crippen MR) is 85.3 cm³/mol. The molecule has 5 heteroatoms. The van der Waals surface area contributed by atoms with Crippen LogP contribution < -0.4 is 11.1 Å². The van der Waals surface area contributed by atoms with E-state index < -0.39 is 0 Å². The molecule has 1 saturated carbocycles. The molecule has 1 fully saturated rings. The Kier molecular flexibility index (Phi) is 3.96. The van der Waals surface area contributed by atoms with E-state index >= 15 is 0 Å². The van der Waals surface area contributed by atoms with Gasteiger partial charge >= 0.3 is 0 Å². The number of anilines is 1. The van der Waals surface area contributed by atoms with Crippen molar-refractivity contribution in [3.05, 3.63) is 18.2 Å². The molecule has 0 aliphatic heterocycles. The van der Waals surface area contributed by atoms with Gasteiger partial charge in [-0.3, -0.25) is 0 Å². The number of fused-ring (bicyclic) bond motifs is 1. The first-order valence-corrected chi connectivity index (χ1v) is 8.06. The lowest BCUT2D eigenvalue weighted by molar-refractivity contribution is 0.339. The standard InChI is InChI=1S/C14H19N3S2/c15-10-3-1-9(2-4-10)8-16-11-5-6-13-12(7-11)17-14(18)19-13/h5-7,9-10,16H,1-4,8,15H2,(H,17,18)/t9-,10-. The van der Waals surface area contributed by atoms with Crippen LogP contribution in [0.5, 0.6) is 0 Å². The lowest BCUT2D eigenvalue weighted by Crippen LogP contribution is -2.29. The van der Waals surface area contributed by atoms with Gasteiger partial charge in [0.05, 0.1) is 10.2 Å². The lowest BCUT2D eigenvalue weighted by atomic mass is 9.86. The monoisotopic (exact) mass is 293 g/mol. The Morgan fingerprint density at radius 2 is 2.11 bits per heavy atom. The van der Waals surface area contributed by atoms with Crippen LogP contribution >= 0.6 is 24.0 Å². The zero-order chi connectivity index (χ0) is 13.2.